The quantitative estimate of drug-likeness (QED) is 0.306. The maximum atomic E-state index is 6.31. The molecular weight excluding hydrogens is 438 g/mol. The van der Waals surface area contributed by atoms with E-state index in [0.717, 1.165) is 40.4 Å². The van der Waals surface area contributed by atoms with Crippen LogP contribution in [0.25, 0.3) is 5.69 Å². The van der Waals surface area contributed by atoms with Gasteiger partial charge in [-0.25, -0.2) is 0 Å². The van der Waals surface area contributed by atoms with Gasteiger partial charge in [0, 0.05) is 23.0 Å². The summed E-state index contributed by atoms with van der Waals surface area (Å²) >= 11 is 7.99. The van der Waals surface area contributed by atoms with Gasteiger partial charge >= 0.3 is 0 Å². The molecule has 5 nitrogen and oxygen atoms in total. The highest BCUT2D eigenvalue weighted by Gasteiger charge is 2.17. The van der Waals surface area contributed by atoms with Gasteiger partial charge in [0.1, 0.15) is 0 Å². The molecule has 0 amide bonds. The second-order valence-electron chi connectivity index (χ2n) is 7.87. The molecule has 0 aliphatic heterocycles. The number of pyridine rings is 1. The van der Waals surface area contributed by atoms with Gasteiger partial charge in [0.25, 0.3) is 0 Å². The zero-order chi connectivity index (χ0) is 22.5. The van der Waals surface area contributed by atoms with E-state index in [2.05, 4.69) is 69.0 Å². The third kappa shape index (κ3) is 5.57. The van der Waals surface area contributed by atoms with Crippen LogP contribution in [-0.4, -0.2) is 31.7 Å². The minimum atomic E-state index is 0.639. The predicted octanol–water partition coefficient (Wildman–Crippen LogP) is 5.86. The molecule has 0 atom stereocenters. The molecule has 7 heteroatoms. The lowest BCUT2D eigenvalue weighted by Crippen LogP contribution is -2.20. The molecule has 0 aliphatic carbocycles. The molecule has 2 aromatic heterocycles. The van der Waals surface area contributed by atoms with Crippen molar-refractivity contribution in [2.45, 2.75) is 37.8 Å². The van der Waals surface area contributed by atoms with E-state index in [0.29, 0.717) is 11.6 Å². The van der Waals surface area contributed by atoms with Crippen molar-refractivity contribution in [3.05, 3.63) is 100 Å². The molecule has 0 aliphatic rings. The third-order valence-corrected chi connectivity index (χ3v) is 6.39. The van der Waals surface area contributed by atoms with Crippen LogP contribution in [0.2, 0.25) is 5.02 Å². The van der Waals surface area contributed by atoms with E-state index in [4.69, 9.17) is 11.6 Å². The second-order valence-corrected chi connectivity index (χ2v) is 9.25. The Bertz CT molecular complexity index is 1210. The summed E-state index contributed by atoms with van der Waals surface area (Å²) < 4.78 is 2.11. The lowest BCUT2D eigenvalue weighted by atomic mass is 10.1. The predicted molar refractivity (Wildman–Crippen MR) is 131 cm³/mol. The molecule has 0 spiro atoms. The normalized spacial score (nSPS) is 11.3. The van der Waals surface area contributed by atoms with E-state index >= 15 is 0 Å². The Kier molecular flexibility index (Phi) is 7.25. The smallest absolute Gasteiger partial charge is 0.196 e. The highest BCUT2D eigenvalue weighted by Crippen LogP contribution is 2.28. The maximum absolute atomic E-state index is 6.31. The van der Waals surface area contributed by atoms with Crippen LogP contribution < -0.4 is 0 Å². The number of rotatable bonds is 8. The number of nitrogens with zero attached hydrogens (tertiary/aromatic N) is 5. The molecule has 0 saturated heterocycles. The minimum absolute atomic E-state index is 0.639. The van der Waals surface area contributed by atoms with Crippen LogP contribution >= 0.6 is 23.4 Å². The first-order valence-electron chi connectivity index (χ1n) is 10.5. The van der Waals surface area contributed by atoms with Crippen LogP contribution in [0.5, 0.6) is 0 Å². The number of aromatic nitrogens is 4. The van der Waals surface area contributed by atoms with Crippen LogP contribution in [-0.2, 0) is 18.8 Å². The highest BCUT2D eigenvalue weighted by atomic mass is 35.5. The Morgan fingerprint density at radius 3 is 2.53 bits per heavy atom. The first kappa shape index (κ1) is 22.5. The molecule has 0 fully saturated rings. The van der Waals surface area contributed by atoms with E-state index < -0.39 is 0 Å². The van der Waals surface area contributed by atoms with Gasteiger partial charge in [-0.15, -0.1) is 10.2 Å². The zero-order valence-corrected chi connectivity index (χ0v) is 20.1. The van der Waals surface area contributed by atoms with Gasteiger partial charge in [-0.05, 0) is 62.4 Å². The molecule has 0 unspecified atom stereocenters. The van der Waals surface area contributed by atoms with Crippen LogP contribution in [0.4, 0.5) is 0 Å². The van der Waals surface area contributed by atoms with Crippen molar-refractivity contribution in [2.75, 3.05) is 7.05 Å². The van der Waals surface area contributed by atoms with Crippen molar-refractivity contribution in [1.82, 2.24) is 24.6 Å². The van der Waals surface area contributed by atoms with Crippen molar-refractivity contribution in [3.63, 3.8) is 0 Å². The van der Waals surface area contributed by atoms with Gasteiger partial charge in [-0.3, -0.25) is 14.5 Å². The van der Waals surface area contributed by atoms with Crippen LogP contribution in [0, 0.1) is 13.8 Å². The molecule has 4 rings (SSSR count). The number of benzene rings is 2. The summed E-state index contributed by atoms with van der Waals surface area (Å²) in [7, 11) is 2.07. The second kappa shape index (κ2) is 10.3. The summed E-state index contributed by atoms with van der Waals surface area (Å²) in [4.78, 5) is 6.81. The largest absolute Gasteiger partial charge is 0.293 e. The van der Waals surface area contributed by atoms with Gasteiger partial charge in [-0.2, -0.15) is 0 Å². The molecule has 2 heterocycles. The van der Waals surface area contributed by atoms with E-state index in [1.54, 1.807) is 11.8 Å². The molecule has 0 radical (unpaired) electrons. The first-order chi connectivity index (χ1) is 15.5. The Balaban J connectivity index is 1.59. The summed E-state index contributed by atoms with van der Waals surface area (Å²) in [5.74, 6) is 1.70. The average molecular weight is 464 g/mol. The fraction of sp³-hybridized carbons (Fsp3) is 0.240. The number of thioether (sulfide) groups is 1. The topological polar surface area (TPSA) is 46.8 Å². The summed E-state index contributed by atoms with van der Waals surface area (Å²) in [6.45, 7) is 5.52. The Morgan fingerprint density at radius 2 is 1.75 bits per heavy atom. The summed E-state index contributed by atoms with van der Waals surface area (Å²) in [5, 5.41) is 10.6. The summed E-state index contributed by atoms with van der Waals surface area (Å²) in [6.07, 6.45) is 0. The molecular formula is C25H26ClN5S. The van der Waals surface area contributed by atoms with Crippen molar-refractivity contribution >= 4 is 23.4 Å². The molecule has 32 heavy (non-hydrogen) atoms. The molecule has 0 N–H and O–H groups in total. The van der Waals surface area contributed by atoms with Crippen molar-refractivity contribution < 1.29 is 0 Å². The fourth-order valence-electron chi connectivity index (χ4n) is 3.55. The average Bonchev–Trinajstić information content (AvgIpc) is 3.15. The van der Waals surface area contributed by atoms with E-state index in [9.17, 15) is 0 Å². The van der Waals surface area contributed by atoms with Crippen molar-refractivity contribution in [3.8, 4) is 5.69 Å². The van der Waals surface area contributed by atoms with Crippen LogP contribution in [0.3, 0.4) is 0 Å². The lowest BCUT2D eigenvalue weighted by Gasteiger charge is -2.17. The standard InChI is InChI=1S/C25H26ClN5S/c1-18-8-4-5-10-20(18)17-32-25-29-28-24(31(25)23-13-7-11-21(26)14-23)16-30(3)15-22-12-6-9-19(2)27-22/h4-14H,15-17H2,1-3H3. The molecule has 0 bridgehead atoms. The van der Waals surface area contributed by atoms with E-state index in [1.807, 2.05) is 43.3 Å². The number of hydrogen-bond acceptors (Lipinski definition) is 5. The molecule has 0 saturated carbocycles. The number of halogens is 1. The number of hydrogen-bond donors (Lipinski definition) is 0. The van der Waals surface area contributed by atoms with E-state index in [-0.39, 0.29) is 0 Å². The Labute approximate surface area is 198 Å². The summed E-state index contributed by atoms with van der Waals surface area (Å²) in [5.41, 5.74) is 5.59. The van der Waals surface area contributed by atoms with Crippen LogP contribution in [0.1, 0.15) is 28.3 Å². The van der Waals surface area contributed by atoms with Gasteiger partial charge in [0.2, 0.25) is 0 Å². The Morgan fingerprint density at radius 1 is 0.938 bits per heavy atom. The van der Waals surface area contributed by atoms with Gasteiger partial charge in [-0.1, -0.05) is 59.8 Å². The van der Waals surface area contributed by atoms with Crippen molar-refractivity contribution in [1.29, 1.82) is 0 Å². The zero-order valence-electron chi connectivity index (χ0n) is 18.5. The van der Waals surface area contributed by atoms with Gasteiger partial charge < -0.3 is 0 Å². The molecule has 4 aromatic rings. The Hall–Kier alpha value is -2.67. The molecule has 2 aromatic carbocycles. The minimum Gasteiger partial charge on any atom is -0.293 e. The molecule has 164 valence electrons. The maximum Gasteiger partial charge on any atom is 0.196 e. The van der Waals surface area contributed by atoms with Crippen molar-refractivity contribution in [2.24, 2.45) is 0 Å². The lowest BCUT2D eigenvalue weighted by molar-refractivity contribution is 0.304. The van der Waals surface area contributed by atoms with Gasteiger partial charge in [0.15, 0.2) is 11.0 Å². The highest BCUT2D eigenvalue weighted by molar-refractivity contribution is 7.98. The number of aryl methyl sites for hydroxylation is 2. The monoisotopic (exact) mass is 463 g/mol. The summed E-state index contributed by atoms with van der Waals surface area (Å²) in [6, 6.07) is 22.4. The van der Waals surface area contributed by atoms with Gasteiger partial charge in [0.05, 0.1) is 17.9 Å². The van der Waals surface area contributed by atoms with E-state index in [1.165, 1.54) is 11.1 Å². The SMILES string of the molecule is Cc1cccc(CN(C)Cc2nnc(SCc3ccccc3C)n2-c2cccc(Cl)c2)n1. The third-order valence-electron chi connectivity index (χ3n) is 5.17. The van der Waals surface area contributed by atoms with Crippen LogP contribution in [0.15, 0.2) is 71.9 Å². The fourth-order valence-corrected chi connectivity index (χ4v) is 4.78. The first-order valence-corrected chi connectivity index (χ1v) is 11.8.